The van der Waals surface area contributed by atoms with Gasteiger partial charge in [-0.05, 0) is 47.1 Å². The van der Waals surface area contributed by atoms with Crippen LogP contribution < -0.4 is 0 Å². The van der Waals surface area contributed by atoms with Crippen molar-refractivity contribution in [1.82, 2.24) is 9.80 Å². The molecule has 0 radical (unpaired) electrons. The molecule has 0 rings (SSSR count). The van der Waals surface area contributed by atoms with Crippen LogP contribution in [0.3, 0.4) is 0 Å². The van der Waals surface area contributed by atoms with Gasteiger partial charge in [0.2, 0.25) is 0 Å². The first-order valence-electron chi connectivity index (χ1n) is 5.11. The molecule has 1 atom stereocenters. The largest absolute Gasteiger partial charge is 0.392 e. The first kappa shape index (κ1) is 12.9. The third-order valence-electron chi connectivity index (χ3n) is 2.05. The molecule has 0 saturated heterocycles. The van der Waals surface area contributed by atoms with Crippen molar-refractivity contribution >= 4 is 0 Å². The number of aliphatic hydroxyl groups excluding tert-OH is 1. The highest BCUT2D eigenvalue weighted by atomic mass is 16.3. The topological polar surface area (TPSA) is 26.7 Å². The molecule has 0 spiro atoms. The van der Waals surface area contributed by atoms with Crippen LogP contribution in [0.5, 0.6) is 0 Å². The zero-order valence-corrected chi connectivity index (χ0v) is 9.45. The van der Waals surface area contributed by atoms with Gasteiger partial charge < -0.3 is 14.9 Å². The summed E-state index contributed by atoms with van der Waals surface area (Å²) in [5.74, 6) is 0. The molecule has 0 aromatic heterocycles. The Morgan fingerprint density at radius 1 is 1.23 bits per heavy atom. The summed E-state index contributed by atoms with van der Waals surface area (Å²) in [6.07, 6.45) is 0.965. The van der Waals surface area contributed by atoms with Gasteiger partial charge >= 0.3 is 0 Å². The second kappa shape index (κ2) is 7.30. The quantitative estimate of drug-likeness (QED) is 0.635. The van der Waals surface area contributed by atoms with Crippen molar-refractivity contribution in [2.24, 2.45) is 0 Å². The molecule has 0 aliphatic heterocycles. The van der Waals surface area contributed by atoms with E-state index in [0.717, 1.165) is 26.2 Å². The molecule has 1 N–H and O–H groups in total. The molecule has 0 aliphatic rings. The Morgan fingerprint density at radius 3 is 2.23 bits per heavy atom. The zero-order valence-electron chi connectivity index (χ0n) is 9.45. The third kappa shape index (κ3) is 8.22. The van der Waals surface area contributed by atoms with Crippen LogP contribution in [-0.4, -0.2) is 61.3 Å². The Labute approximate surface area is 82.3 Å². The smallest absolute Gasteiger partial charge is 0.0639 e. The fourth-order valence-corrected chi connectivity index (χ4v) is 1.36. The maximum absolute atomic E-state index is 9.21. The average molecular weight is 188 g/mol. The standard InChI is InChI=1S/C10H24N2O/c1-5-12(9-10(2)13)8-6-7-11(3)4/h10,13H,5-9H2,1-4H3/t10-/m0/s1. The summed E-state index contributed by atoms with van der Waals surface area (Å²) in [5.41, 5.74) is 0. The van der Waals surface area contributed by atoms with Crippen LogP contribution >= 0.6 is 0 Å². The molecule has 0 amide bonds. The second-order valence-electron chi connectivity index (χ2n) is 3.90. The predicted octanol–water partition coefficient (Wildman–Crippen LogP) is 0.641. The molecular weight excluding hydrogens is 164 g/mol. The number of likely N-dealkylation sites (N-methyl/N-ethyl adjacent to an activating group) is 1. The number of hydrogen-bond acceptors (Lipinski definition) is 3. The highest BCUT2D eigenvalue weighted by molar-refractivity contribution is 4.60. The molecule has 0 unspecified atom stereocenters. The predicted molar refractivity (Wildman–Crippen MR) is 57.0 cm³/mol. The number of nitrogens with zero attached hydrogens (tertiary/aromatic N) is 2. The Balaban J connectivity index is 3.48. The van der Waals surface area contributed by atoms with E-state index < -0.39 is 0 Å². The summed E-state index contributed by atoms with van der Waals surface area (Å²) in [6.45, 7) is 8.00. The molecule has 0 saturated carbocycles. The molecule has 80 valence electrons. The van der Waals surface area contributed by atoms with E-state index in [4.69, 9.17) is 0 Å². The van der Waals surface area contributed by atoms with E-state index in [1.165, 1.54) is 6.42 Å². The Bertz CT molecular complexity index is 115. The fraction of sp³-hybridized carbons (Fsp3) is 1.00. The molecule has 0 aromatic carbocycles. The number of aliphatic hydroxyl groups is 1. The molecule has 3 nitrogen and oxygen atoms in total. The van der Waals surface area contributed by atoms with E-state index >= 15 is 0 Å². The molecule has 0 heterocycles. The van der Waals surface area contributed by atoms with Gasteiger partial charge in [0.05, 0.1) is 6.10 Å². The lowest BCUT2D eigenvalue weighted by molar-refractivity contribution is 0.127. The molecule has 0 aromatic rings. The van der Waals surface area contributed by atoms with Crippen molar-refractivity contribution in [3.63, 3.8) is 0 Å². The molecular formula is C10H24N2O. The average Bonchev–Trinajstić information content (AvgIpc) is 2.01. The maximum atomic E-state index is 9.21. The Morgan fingerprint density at radius 2 is 1.85 bits per heavy atom. The molecule has 13 heavy (non-hydrogen) atoms. The normalized spacial score (nSPS) is 14.1. The lowest BCUT2D eigenvalue weighted by atomic mass is 10.3. The van der Waals surface area contributed by atoms with Gasteiger partial charge in [-0.15, -0.1) is 0 Å². The van der Waals surface area contributed by atoms with Crippen molar-refractivity contribution in [3.8, 4) is 0 Å². The summed E-state index contributed by atoms with van der Waals surface area (Å²) >= 11 is 0. The summed E-state index contributed by atoms with van der Waals surface area (Å²) in [4.78, 5) is 4.48. The molecule has 0 bridgehead atoms. The second-order valence-corrected chi connectivity index (χ2v) is 3.90. The maximum Gasteiger partial charge on any atom is 0.0639 e. The van der Waals surface area contributed by atoms with Gasteiger partial charge in [-0.25, -0.2) is 0 Å². The fourth-order valence-electron chi connectivity index (χ4n) is 1.36. The van der Waals surface area contributed by atoms with Gasteiger partial charge in [-0.1, -0.05) is 6.92 Å². The SMILES string of the molecule is CCN(CCCN(C)C)C[C@H](C)O. The minimum atomic E-state index is -0.209. The highest BCUT2D eigenvalue weighted by Gasteiger charge is 2.05. The van der Waals surface area contributed by atoms with Crippen LogP contribution in [0.2, 0.25) is 0 Å². The van der Waals surface area contributed by atoms with E-state index in [2.05, 4.69) is 30.8 Å². The van der Waals surface area contributed by atoms with E-state index in [1.807, 2.05) is 6.92 Å². The van der Waals surface area contributed by atoms with Gasteiger partial charge in [0.1, 0.15) is 0 Å². The lowest BCUT2D eigenvalue weighted by Gasteiger charge is -2.22. The van der Waals surface area contributed by atoms with E-state index in [0.29, 0.717) is 0 Å². The van der Waals surface area contributed by atoms with Crippen molar-refractivity contribution in [2.75, 3.05) is 40.3 Å². The third-order valence-corrected chi connectivity index (χ3v) is 2.05. The van der Waals surface area contributed by atoms with Crippen molar-refractivity contribution in [2.45, 2.75) is 26.4 Å². The summed E-state index contributed by atoms with van der Waals surface area (Å²) < 4.78 is 0. The van der Waals surface area contributed by atoms with Gasteiger partial charge in [0, 0.05) is 6.54 Å². The van der Waals surface area contributed by atoms with E-state index in [-0.39, 0.29) is 6.10 Å². The summed E-state index contributed by atoms with van der Waals surface area (Å²) in [6, 6.07) is 0. The van der Waals surface area contributed by atoms with E-state index in [9.17, 15) is 5.11 Å². The van der Waals surface area contributed by atoms with Crippen LogP contribution in [0.15, 0.2) is 0 Å². The number of rotatable bonds is 7. The first-order valence-corrected chi connectivity index (χ1v) is 5.11. The highest BCUT2D eigenvalue weighted by Crippen LogP contribution is 1.94. The molecule has 0 aliphatic carbocycles. The monoisotopic (exact) mass is 188 g/mol. The minimum Gasteiger partial charge on any atom is -0.392 e. The summed E-state index contributed by atoms with van der Waals surface area (Å²) in [5, 5.41) is 9.21. The Kier molecular flexibility index (Phi) is 7.23. The van der Waals surface area contributed by atoms with E-state index in [1.54, 1.807) is 0 Å². The van der Waals surface area contributed by atoms with Crippen LogP contribution in [0.1, 0.15) is 20.3 Å². The van der Waals surface area contributed by atoms with Crippen LogP contribution in [0.25, 0.3) is 0 Å². The first-order chi connectivity index (χ1) is 6.06. The van der Waals surface area contributed by atoms with Crippen LogP contribution in [0.4, 0.5) is 0 Å². The van der Waals surface area contributed by atoms with Crippen LogP contribution in [0, 0.1) is 0 Å². The van der Waals surface area contributed by atoms with Crippen LogP contribution in [-0.2, 0) is 0 Å². The molecule has 3 heteroatoms. The minimum absolute atomic E-state index is 0.209. The molecule has 0 fully saturated rings. The van der Waals surface area contributed by atoms with Gasteiger partial charge in [0.15, 0.2) is 0 Å². The van der Waals surface area contributed by atoms with Crippen molar-refractivity contribution < 1.29 is 5.11 Å². The van der Waals surface area contributed by atoms with Gasteiger partial charge in [-0.2, -0.15) is 0 Å². The van der Waals surface area contributed by atoms with Gasteiger partial charge in [0.25, 0.3) is 0 Å². The zero-order chi connectivity index (χ0) is 10.3. The van der Waals surface area contributed by atoms with Crippen molar-refractivity contribution in [1.29, 1.82) is 0 Å². The number of hydrogen-bond donors (Lipinski definition) is 1. The lowest BCUT2D eigenvalue weighted by Crippen LogP contribution is -2.33. The Hall–Kier alpha value is -0.120. The van der Waals surface area contributed by atoms with Gasteiger partial charge in [-0.3, -0.25) is 0 Å². The summed E-state index contributed by atoms with van der Waals surface area (Å²) in [7, 11) is 4.18. The van der Waals surface area contributed by atoms with Crippen molar-refractivity contribution in [3.05, 3.63) is 0 Å².